The van der Waals surface area contributed by atoms with E-state index < -0.39 is 0 Å². The van der Waals surface area contributed by atoms with Crippen LogP contribution in [0.1, 0.15) is 22.8 Å². The molecule has 0 saturated carbocycles. The monoisotopic (exact) mass is 209 g/mol. The molecule has 1 rings (SSSR count). The maximum absolute atomic E-state index is 11.5. The molecule has 0 unspecified atom stereocenters. The van der Waals surface area contributed by atoms with Gasteiger partial charge in [0.05, 0.1) is 13.2 Å². The predicted molar refractivity (Wildman–Crippen MR) is 56.2 cm³/mol. The van der Waals surface area contributed by atoms with E-state index in [0.717, 1.165) is 5.56 Å². The van der Waals surface area contributed by atoms with Crippen molar-refractivity contribution in [1.29, 1.82) is 0 Å². The highest BCUT2D eigenvalue weighted by molar-refractivity contribution is 5.93. The van der Waals surface area contributed by atoms with Crippen LogP contribution in [0.2, 0.25) is 0 Å². The van der Waals surface area contributed by atoms with Gasteiger partial charge < -0.3 is 4.74 Å². The number of hydrogen-bond donors (Lipinski definition) is 1. The third-order valence-electron chi connectivity index (χ3n) is 1.81. The maximum Gasteiger partial charge on any atom is 0.274 e. The lowest BCUT2D eigenvalue weighted by Crippen LogP contribution is -2.23. The highest BCUT2D eigenvalue weighted by atomic mass is 16.6. The van der Waals surface area contributed by atoms with Gasteiger partial charge in [0.15, 0.2) is 0 Å². The first-order valence-electron chi connectivity index (χ1n) is 4.78. The minimum Gasteiger partial charge on any atom is -0.380 e. The van der Waals surface area contributed by atoms with E-state index >= 15 is 0 Å². The number of carbonyl (C=O) groups is 1. The number of nitrogens with one attached hydrogen (secondary N) is 1. The Morgan fingerprint density at radius 1 is 1.47 bits per heavy atom. The second-order valence-electron chi connectivity index (χ2n) is 3.00. The molecule has 1 amide bonds. The van der Waals surface area contributed by atoms with Gasteiger partial charge in [0.25, 0.3) is 5.91 Å². The number of ether oxygens (including phenoxy) is 1. The van der Waals surface area contributed by atoms with E-state index in [1.165, 1.54) is 0 Å². The van der Waals surface area contributed by atoms with Crippen molar-refractivity contribution in [3.8, 4) is 0 Å². The van der Waals surface area contributed by atoms with Crippen LogP contribution in [0.25, 0.3) is 0 Å². The first-order chi connectivity index (χ1) is 7.27. The molecule has 0 spiro atoms. The van der Waals surface area contributed by atoms with Crippen LogP contribution in [-0.4, -0.2) is 19.6 Å². The molecule has 0 aliphatic rings. The summed E-state index contributed by atoms with van der Waals surface area (Å²) in [7, 11) is 1.62. The highest BCUT2D eigenvalue weighted by Crippen LogP contribution is 2.06. The first kappa shape index (κ1) is 11.7. The quantitative estimate of drug-likeness (QED) is 0.748. The Hall–Kier alpha value is -1.39. The SMILES string of the molecule is CCONC(=O)c1cccc(COC)c1. The molecule has 1 aromatic rings. The van der Waals surface area contributed by atoms with E-state index in [-0.39, 0.29) is 5.91 Å². The molecule has 0 atom stereocenters. The topological polar surface area (TPSA) is 47.6 Å². The number of hydrogen-bond acceptors (Lipinski definition) is 3. The Morgan fingerprint density at radius 2 is 2.27 bits per heavy atom. The number of methoxy groups -OCH3 is 1. The Kier molecular flexibility index (Phi) is 4.80. The Morgan fingerprint density at radius 3 is 2.93 bits per heavy atom. The third-order valence-corrected chi connectivity index (χ3v) is 1.81. The van der Waals surface area contributed by atoms with Gasteiger partial charge in [0, 0.05) is 12.7 Å². The summed E-state index contributed by atoms with van der Waals surface area (Å²) in [4.78, 5) is 16.3. The molecule has 0 heterocycles. The van der Waals surface area contributed by atoms with Crippen LogP contribution in [0, 0.1) is 0 Å². The lowest BCUT2D eigenvalue weighted by atomic mass is 10.1. The van der Waals surface area contributed by atoms with Crippen molar-refractivity contribution in [3.63, 3.8) is 0 Å². The fraction of sp³-hybridized carbons (Fsp3) is 0.364. The summed E-state index contributed by atoms with van der Waals surface area (Å²) < 4.78 is 4.98. The molecular formula is C11H15NO3. The summed E-state index contributed by atoms with van der Waals surface area (Å²) in [5, 5.41) is 0. The molecule has 0 fully saturated rings. The lowest BCUT2D eigenvalue weighted by molar-refractivity contribution is 0.0364. The summed E-state index contributed by atoms with van der Waals surface area (Å²) in [5.74, 6) is -0.241. The van der Waals surface area contributed by atoms with E-state index in [1.807, 2.05) is 19.1 Å². The van der Waals surface area contributed by atoms with Gasteiger partial charge in [0.2, 0.25) is 0 Å². The Bertz CT molecular complexity index is 325. The van der Waals surface area contributed by atoms with E-state index in [1.54, 1.807) is 19.2 Å². The summed E-state index contributed by atoms with van der Waals surface area (Å²) >= 11 is 0. The molecule has 0 aromatic heterocycles. The third kappa shape index (κ3) is 3.69. The summed E-state index contributed by atoms with van der Waals surface area (Å²) in [6.45, 7) is 2.75. The van der Waals surface area contributed by atoms with Gasteiger partial charge >= 0.3 is 0 Å². The molecule has 0 aliphatic heterocycles. The lowest BCUT2D eigenvalue weighted by Gasteiger charge is -2.05. The molecule has 4 nitrogen and oxygen atoms in total. The van der Waals surface area contributed by atoms with E-state index in [9.17, 15) is 4.79 Å². The molecule has 82 valence electrons. The van der Waals surface area contributed by atoms with Gasteiger partial charge in [0.1, 0.15) is 0 Å². The van der Waals surface area contributed by atoms with Crippen molar-refractivity contribution >= 4 is 5.91 Å². The van der Waals surface area contributed by atoms with Crippen molar-refractivity contribution in [3.05, 3.63) is 35.4 Å². The van der Waals surface area contributed by atoms with E-state index in [2.05, 4.69) is 5.48 Å². The van der Waals surface area contributed by atoms with Gasteiger partial charge in [-0.15, -0.1) is 0 Å². The summed E-state index contributed by atoms with van der Waals surface area (Å²) in [5.41, 5.74) is 3.87. The second kappa shape index (κ2) is 6.16. The standard InChI is InChI=1S/C11H15NO3/c1-3-15-12-11(13)10-6-4-5-9(7-10)8-14-2/h4-7H,3,8H2,1-2H3,(H,12,13). The van der Waals surface area contributed by atoms with Crippen molar-refractivity contribution in [2.45, 2.75) is 13.5 Å². The van der Waals surface area contributed by atoms with Crippen LogP contribution in [-0.2, 0) is 16.2 Å². The zero-order chi connectivity index (χ0) is 11.1. The molecule has 1 N–H and O–H groups in total. The highest BCUT2D eigenvalue weighted by Gasteiger charge is 2.05. The minimum absolute atomic E-state index is 0.241. The van der Waals surface area contributed by atoms with Gasteiger partial charge in [-0.05, 0) is 24.6 Å². The number of amides is 1. The summed E-state index contributed by atoms with van der Waals surface area (Å²) in [6.07, 6.45) is 0. The first-order valence-corrected chi connectivity index (χ1v) is 4.78. The van der Waals surface area contributed by atoms with E-state index in [4.69, 9.17) is 9.57 Å². The maximum atomic E-state index is 11.5. The van der Waals surface area contributed by atoms with E-state index in [0.29, 0.717) is 18.8 Å². The van der Waals surface area contributed by atoms with Crippen molar-refractivity contribution < 1.29 is 14.4 Å². The smallest absolute Gasteiger partial charge is 0.274 e. The summed E-state index contributed by atoms with van der Waals surface area (Å²) in [6, 6.07) is 7.22. The van der Waals surface area contributed by atoms with Gasteiger partial charge in [-0.25, -0.2) is 5.48 Å². The molecule has 4 heteroatoms. The van der Waals surface area contributed by atoms with Crippen molar-refractivity contribution in [2.24, 2.45) is 0 Å². The van der Waals surface area contributed by atoms with Crippen LogP contribution >= 0.6 is 0 Å². The van der Waals surface area contributed by atoms with Crippen LogP contribution in [0.15, 0.2) is 24.3 Å². The molecule has 0 bridgehead atoms. The van der Waals surface area contributed by atoms with Crippen molar-refractivity contribution in [1.82, 2.24) is 5.48 Å². The van der Waals surface area contributed by atoms with Gasteiger partial charge in [-0.3, -0.25) is 9.63 Å². The van der Waals surface area contributed by atoms with Crippen LogP contribution in [0.3, 0.4) is 0 Å². The molecule has 0 saturated heterocycles. The second-order valence-corrected chi connectivity index (χ2v) is 3.00. The molecule has 1 aromatic carbocycles. The molecule has 15 heavy (non-hydrogen) atoms. The zero-order valence-corrected chi connectivity index (χ0v) is 8.95. The van der Waals surface area contributed by atoms with Crippen LogP contribution in [0.4, 0.5) is 0 Å². The Balaban J connectivity index is 2.67. The molecular weight excluding hydrogens is 194 g/mol. The fourth-order valence-electron chi connectivity index (χ4n) is 1.17. The minimum atomic E-state index is -0.241. The molecule has 0 aliphatic carbocycles. The average molecular weight is 209 g/mol. The Labute approximate surface area is 89.1 Å². The van der Waals surface area contributed by atoms with Crippen molar-refractivity contribution in [2.75, 3.05) is 13.7 Å². The fourth-order valence-corrected chi connectivity index (χ4v) is 1.17. The number of rotatable bonds is 5. The normalized spacial score (nSPS) is 10.0. The van der Waals surface area contributed by atoms with Gasteiger partial charge in [-0.1, -0.05) is 12.1 Å². The zero-order valence-electron chi connectivity index (χ0n) is 8.95. The average Bonchev–Trinajstić information content (AvgIpc) is 2.27. The van der Waals surface area contributed by atoms with Crippen LogP contribution < -0.4 is 5.48 Å². The number of hydroxylamine groups is 1. The van der Waals surface area contributed by atoms with Crippen LogP contribution in [0.5, 0.6) is 0 Å². The van der Waals surface area contributed by atoms with Gasteiger partial charge in [-0.2, -0.15) is 0 Å². The predicted octanol–water partition coefficient (Wildman–Crippen LogP) is 1.51. The molecule has 0 radical (unpaired) electrons. The number of benzene rings is 1. The largest absolute Gasteiger partial charge is 0.380 e. The number of carbonyl (C=O) groups excluding carboxylic acids is 1.